The normalized spacial score (nSPS) is 19.4. The van der Waals surface area contributed by atoms with Crippen molar-refractivity contribution in [1.29, 1.82) is 0 Å². The van der Waals surface area contributed by atoms with Gasteiger partial charge >= 0.3 is 0 Å². The van der Waals surface area contributed by atoms with E-state index in [-0.39, 0.29) is 5.75 Å². The summed E-state index contributed by atoms with van der Waals surface area (Å²) >= 11 is 0. The van der Waals surface area contributed by atoms with E-state index < -0.39 is 5.82 Å². The fourth-order valence-corrected chi connectivity index (χ4v) is 4.81. The van der Waals surface area contributed by atoms with Crippen molar-refractivity contribution in [3.63, 3.8) is 0 Å². The summed E-state index contributed by atoms with van der Waals surface area (Å²) in [5, 5.41) is 10.3. The molecule has 2 fully saturated rings. The van der Waals surface area contributed by atoms with Crippen LogP contribution in [0.5, 0.6) is 5.75 Å². The predicted octanol–water partition coefficient (Wildman–Crippen LogP) is 4.23. The Morgan fingerprint density at radius 1 is 0.941 bits per heavy atom. The lowest BCUT2D eigenvalue weighted by atomic mass is 10.0. The topological polar surface area (TPSA) is 84.0 Å². The van der Waals surface area contributed by atoms with Crippen molar-refractivity contribution >= 4 is 17.6 Å². The van der Waals surface area contributed by atoms with Crippen LogP contribution in [0.2, 0.25) is 0 Å². The number of hydrogen-bond acceptors (Lipinski definition) is 7. The second-order valence-corrected chi connectivity index (χ2v) is 10.2. The van der Waals surface area contributed by atoms with Gasteiger partial charge in [-0.3, -0.25) is 0 Å². The van der Waals surface area contributed by atoms with E-state index in [4.69, 9.17) is 9.72 Å². The number of rotatable bonds is 8. The van der Waals surface area contributed by atoms with Crippen LogP contribution in [0, 0.1) is 5.82 Å². The fraction of sp³-hybridized carbons (Fsp3) is 0.640. The van der Waals surface area contributed by atoms with Crippen molar-refractivity contribution in [2.24, 2.45) is 0 Å². The lowest BCUT2D eigenvalue weighted by molar-refractivity contribution is -0.895. The van der Waals surface area contributed by atoms with Crippen molar-refractivity contribution < 1.29 is 13.6 Å². The molecule has 3 N–H and O–H groups in total. The molecule has 2 aliphatic rings. The summed E-state index contributed by atoms with van der Waals surface area (Å²) in [4.78, 5) is 14.0. The van der Waals surface area contributed by atoms with Crippen LogP contribution in [-0.2, 0) is 6.54 Å². The van der Waals surface area contributed by atoms with Crippen LogP contribution in [0.1, 0.15) is 57.2 Å². The second-order valence-electron chi connectivity index (χ2n) is 10.2. The van der Waals surface area contributed by atoms with Crippen molar-refractivity contribution in [3.8, 4) is 5.75 Å². The highest BCUT2D eigenvalue weighted by molar-refractivity contribution is 5.56. The first-order valence-corrected chi connectivity index (χ1v) is 12.6. The van der Waals surface area contributed by atoms with Crippen LogP contribution in [0.3, 0.4) is 0 Å². The number of hydrogen-bond donors (Lipinski definition) is 3. The van der Waals surface area contributed by atoms with Crippen LogP contribution in [0.4, 0.5) is 22.0 Å². The Morgan fingerprint density at radius 2 is 1.65 bits per heavy atom. The monoisotopic (exact) mass is 472 g/mol. The number of halogens is 1. The maximum absolute atomic E-state index is 14.2. The Hall–Kier alpha value is -2.52. The summed E-state index contributed by atoms with van der Waals surface area (Å²) in [7, 11) is 6.02. The Labute approximate surface area is 202 Å². The molecule has 0 amide bonds. The Kier molecular flexibility index (Phi) is 8.15. The standard InChI is InChI=1S/C25H39FN7O/c1-33(2)14-12-18(13-15-33)27-17-23-30-24(28-19-8-6-4-5-7-9-19)32-25(31-23)29-20-10-11-22(34-3)21(26)16-20/h10-11,16,18-19,27H,4-9,12-15,17H2,1-3H3,(H2,28,29,30,31,32)/q+1. The van der Waals surface area contributed by atoms with E-state index in [0.29, 0.717) is 42.0 Å². The molecule has 0 atom stereocenters. The first-order chi connectivity index (χ1) is 16.4. The van der Waals surface area contributed by atoms with Gasteiger partial charge in [-0.15, -0.1) is 0 Å². The van der Waals surface area contributed by atoms with E-state index in [1.165, 1.54) is 51.9 Å². The molecule has 1 aliphatic heterocycles. The summed E-state index contributed by atoms with van der Waals surface area (Å²) in [6, 6.07) is 5.57. The summed E-state index contributed by atoms with van der Waals surface area (Å²) < 4.78 is 20.3. The Balaban J connectivity index is 1.48. The van der Waals surface area contributed by atoms with Crippen LogP contribution < -0.4 is 20.7 Å². The van der Waals surface area contributed by atoms with E-state index in [0.717, 1.165) is 30.2 Å². The Morgan fingerprint density at radius 3 is 2.32 bits per heavy atom. The van der Waals surface area contributed by atoms with Crippen molar-refractivity contribution in [1.82, 2.24) is 20.3 Å². The molecule has 0 radical (unpaired) electrons. The molecule has 9 heteroatoms. The molecule has 2 aromatic rings. The highest BCUT2D eigenvalue weighted by atomic mass is 19.1. The van der Waals surface area contributed by atoms with E-state index in [9.17, 15) is 4.39 Å². The number of quaternary nitrogens is 1. The number of aromatic nitrogens is 3. The lowest BCUT2D eigenvalue weighted by Crippen LogP contribution is -2.50. The number of anilines is 3. The minimum atomic E-state index is -0.432. The predicted molar refractivity (Wildman–Crippen MR) is 133 cm³/mol. The van der Waals surface area contributed by atoms with Gasteiger partial charge in [-0.25, -0.2) is 4.39 Å². The Bertz CT molecular complexity index is 937. The van der Waals surface area contributed by atoms with Gasteiger partial charge < -0.3 is 25.2 Å². The number of nitrogens with one attached hydrogen (secondary N) is 3. The van der Waals surface area contributed by atoms with Crippen LogP contribution in [0.15, 0.2) is 18.2 Å². The summed E-state index contributed by atoms with van der Waals surface area (Å²) in [6.07, 6.45) is 9.56. The van der Waals surface area contributed by atoms with Gasteiger partial charge in [-0.2, -0.15) is 15.0 Å². The molecule has 1 saturated carbocycles. The molecular formula is C25H39FN7O+. The number of piperidine rings is 1. The molecule has 34 heavy (non-hydrogen) atoms. The summed E-state index contributed by atoms with van der Waals surface area (Å²) in [5.74, 6) is 1.45. The number of ether oxygens (including phenoxy) is 1. The number of methoxy groups -OCH3 is 1. The fourth-order valence-electron chi connectivity index (χ4n) is 4.81. The lowest BCUT2D eigenvalue weighted by Gasteiger charge is -2.37. The molecule has 0 unspecified atom stereocenters. The molecule has 186 valence electrons. The van der Waals surface area contributed by atoms with E-state index in [1.807, 2.05) is 0 Å². The maximum atomic E-state index is 14.2. The van der Waals surface area contributed by atoms with Crippen LogP contribution in [-0.4, -0.2) is 65.8 Å². The van der Waals surface area contributed by atoms with Crippen molar-refractivity contribution in [2.75, 3.05) is 44.9 Å². The van der Waals surface area contributed by atoms with Gasteiger partial charge in [0.2, 0.25) is 11.9 Å². The van der Waals surface area contributed by atoms with Gasteiger partial charge in [-0.05, 0) is 25.0 Å². The molecular weight excluding hydrogens is 433 g/mol. The van der Waals surface area contributed by atoms with E-state index in [2.05, 4.69) is 40.0 Å². The second kappa shape index (κ2) is 11.3. The zero-order chi connectivity index (χ0) is 24.0. The average Bonchev–Trinajstić information content (AvgIpc) is 3.07. The third kappa shape index (κ3) is 6.99. The number of likely N-dealkylation sites (tertiary alicyclic amines) is 1. The third-order valence-corrected chi connectivity index (χ3v) is 6.99. The van der Waals surface area contributed by atoms with Crippen LogP contribution in [0.25, 0.3) is 0 Å². The van der Waals surface area contributed by atoms with Crippen molar-refractivity contribution in [2.45, 2.75) is 70.0 Å². The zero-order valence-electron chi connectivity index (χ0n) is 20.7. The molecule has 1 aromatic carbocycles. The van der Waals surface area contributed by atoms with Gasteiger partial charge in [0.1, 0.15) is 5.82 Å². The minimum Gasteiger partial charge on any atom is -0.494 e. The first-order valence-electron chi connectivity index (χ1n) is 12.6. The number of nitrogens with zero attached hydrogens (tertiary/aromatic N) is 4. The molecule has 8 nitrogen and oxygen atoms in total. The van der Waals surface area contributed by atoms with Gasteiger partial charge in [0.15, 0.2) is 11.6 Å². The molecule has 4 rings (SSSR count). The maximum Gasteiger partial charge on any atom is 0.232 e. The SMILES string of the molecule is COc1ccc(Nc2nc(CNC3CC[N+](C)(C)CC3)nc(NC3CCCCCC3)n2)cc1F. The first kappa shape index (κ1) is 24.6. The largest absolute Gasteiger partial charge is 0.494 e. The quantitative estimate of drug-likeness (QED) is 0.392. The van der Waals surface area contributed by atoms with Gasteiger partial charge in [0, 0.05) is 36.7 Å². The van der Waals surface area contributed by atoms with Gasteiger partial charge in [0.05, 0.1) is 40.8 Å². The van der Waals surface area contributed by atoms with Gasteiger partial charge in [-0.1, -0.05) is 25.7 Å². The summed E-state index contributed by atoms with van der Waals surface area (Å²) in [6.45, 7) is 2.91. The molecule has 1 aliphatic carbocycles. The van der Waals surface area contributed by atoms with Crippen LogP contribution >= 0.6 is 0 Å². The average molecular weight is 473 g/mol. The molecule has 0 spiro atoms. The molecule has 2 heterocycles. The summed E-state index contributed by atoms with van der Waals surface area (Å²) in [5.41, 5.74) is 0.566. The highest BCUT2D eigenvalue weighted by Gasteiger charge is 2.26. The molecule has 1 saturated heterocycles. The number of benzene rings is 1. The smallest absolute Gasteiger partial charge is 0.232 e. The van der Waals surface area contributed by atoms with E-state index >= 15 is 0 Å². The van der Waals surface area contributed by atoms with Gasteiger partial charge in [0.25, 0.3) is 0 Å². The zero-order valence-corrected chi connectivity index (χ0v) is 20.7. The third-order valence-electron chi connectivity index (χ3n) is 6.99. The molecule has 1 aromatic heterocycles. The highest BCUT2D eigenvalue weighted by Crippen LogP contribution is 2.24. The molecule has 0 bridgehead atoms. The van der Waals surface area contributed by atoms with Crippen molar-refractivity contribution in [3.05, 3.63) is 29.8 Å². The minimum absolute atomic E-state index is 0.205. The van der Waals surface area contributed by atoms with E-state index in [1.54, 1.807) is 12.1 Å².